The standard InChI is InChI=1S/C13H21NOS/c1-14-9-12-5-6-13(16-12)10-15-8-7-11-3-2-4-11/h5-6,11,14H,2-4,7-10H2,1H3. The molecule has 0 amide bonds. The lowest BCUT2D eigenvalue weighted by molar-refractivity contribution is 0.0966. The van der Waals surface area contributed by atoms with E-state index in [9.17, 15) is 0 Å². The van der Waals surface area contributed by atoms with Crippen molar-refractivity contribution in [2.75, 3.05) is 13.7 Å². The van der Waals surface area contributed by atoms with Gasteiger partial charge >= 0.3 is 0 Å². The second-order valence-electron chi connectivity index (χ2n) is 4.54. The van der Waals surface area contributed by atoms with E-state index in [2.05, 4.69) is 17.4 Å². The summed E-state index contributed by atoms with van der Waals surface area (Å²) in [7, 11) is 1.98. The van der Waals surface area contributed by atoms with E-state index < -0.39 is 0 Å². The summed E-state index contributed by atoms with van der Waals surface area (Å²) < 4.78 is 5.71. The summed E-state index contributed by atoms with van der Waals surface area (Å²) in [6, 6.07) is 4.37. The van der Waals surface area contributed by atoms with Crippen LogP contribution in [0.4, 0.5) is 0 Å². The number of ether oxygens (including phenoxy) is 1. The van der Waals surface area contributed by atoms with E-state index in [1.807, 2.05) is 18.4 Å². The molecule has 0 unspecified atom stereocenters. The first-order valence-corrected chi connectivity index (χ1v) is 7.00. The zero-order valence-corrected chi connectivity index (χ0v) is 10.8. The van der Waals surface area contributed by atoms with Gasteiger partial charge in [0.15, 0.2) is 0 Å². The van der Waals surface area contributed by atoms with E-state index in [-0.39, 0.29) is 0 Å². The van der Waals surface area contributed by atoms with Crippen molar-refractivity contribution in [2.24, 2.45) is 5.92 Å². The third kappa shape index (κ3) is 3.58. The molecule has 1 heterocycles. The van der Waals surface area contributed by atoms with Crippen LogP contribution >= 0.6 is 11.3 Å². The Kier molecular flexibility index (Phi) is 4.82. The molecule has 0 aromatic carbocycles. The van der Waals surface area contributed by atoms with E-state index in [4.69, 9.17) is 4.74 Å². The van der Waals surface area contributed by atoms with Gasteiger partial charge in [0.05, 0.1) is 6.61 Å². The van der Waals surface area contributed by atoms with Crippen molar-refractivity contribution in [3.63, 3.8) is 0 Å². The van der Waals surface area contributed by atoms with Gasteiger partial charge in [-0.25, -0.2) is 0 Å². The molecular weight excluding hydrogens is 218 g/mol. The van der Waals surface area contributed by atoms with Crippen LogP contribution in [0.3, 0.4) is 0 Å². The first-order chi connectivity index (χ1) is 7.88. The third-order valence-corrected chi connectivity index (χ3v) is 4.27. The SMILES string of the molecule is CNCc1ccc(COCCC2CCC2)s1. The van der Waals surface area contributed by atoms with Gasteiger partial charge in [-0.2, -0.15) is 0 Å². The highest BCUT2D eigenvalue weighted by Crippen LogP contribution is 2.29. The van der Waals surface area contributed by atoms with Crippen molar-refractivity contribution in [3.05, 3.63) is 21.9 Å². The van der Waals surface area contributed by atoms with Gasteiger partial charge in [-0.05, 0) is 31.5 Å². The van der Waals surface area contributed by atoms with E-state index in [0.29, 0.717) is 0 Å². The summed E-state index contributed by atoms with van der Waals surface area (Å²) in [4.78, 5) is 2.74. The lowest BCUT2D eigenvalue weighted by Gasteiger charge is -2.24. The summed E-state index contributed by atoms with van der Waals surface area (Å²) in [5, 5.41) is 3.16. The zero-order chi connectivity index (χ0) is 11.2. The van der Waals surface area contributed by atoms with Crippen molar-refractivity contribution >= 4 is 11.3 Å². The molecule has 1 N–H and O–H groups in total. The predicted octanol–water partition coefficient (Wildman–Crippen LogP) is 3.17. The van der Waals surface area contributed by atoms with Crippen LogP contribution in [0.25, 0.3) is 0 Å². The van der Waals surface area contributed by atoms with Gasteiger partial charge in [0, 0.05) is 22.9 Å². The molecule has 1 aliphatic carbocycles. The van der Waals surface area contributed by atoms with Gasteiger partial charge in [-0.1, -0.05) is 19.3 Å². The molecule has 0 bridgehead atoms. The molecule has 1 aromatic heterocycles. The van der Waals surface area contributed by atoms with Crippen LogP contribution in [0, 0.1) is 5.92 Å². The molecule has 0 saturated heterocycles. The van der Waals surface area contributed by atoms with Crippen LogP contribution in [0.5, 0.6) is 0 Å². The highest BCUT2D eigenvalue weighted by Gasteiger charge is 2.16. The molecule has 0 radical (unpaired) electrons. The largest absolute Gasteiger partial charge is 0.376 e. The summed E-state index contributed by atoms with van der Waals surface area (Å²) in [6.45, 7) is 2.69. The van der Waals surface area contributed by atoms with E-state index in [1.165, 1.54) is 35.4 Å². The molecule has 3 heteroatoms. The van der Waals surface area contributed by atoms with Crippen LogP contribution in [0.2, 0.25) is 0 Å². The smallest absolute Gasteiger partial charge is 0.0809 e. The Morgan fingerprint density at radius 2 is 2.19 bits per heavy atom. The van der Waals surface area contributed by atoms with Crippen LogP contribution < -0.4 is 5.32 Å². The van der Waals surface area contributed by atoms with Crippen LogP contribution in [0.15, 0.2) is 12.1 Å². The molecule has 0 aliphatic heterocycles. The molecule has 2 rings (SSSR count). The Labute approximate surface area is 102 Å². The molecule has 2 nitrogen and oxygen atoms in total. The Balaban J connectivity index is 1.60. The topological polar surface area (TPSA) is 21.3 Å². The monoisotopic (exact) mass is 239 g/mol. The summed E-state index contributed by atoms with van der Waals surface area (Å²) in [5.74, 6) is 0.961. The Morgan fingerprint density at radius 1 is 1.38 bits per heavy atom. The lowest BCUT2D eigenvalue weighted by Crippen LogP contribution is -2.13. The number of hydrogen-bond donors (Lipinski definition) is 1. The fraction of sp³-hybridized carbons (Fsp3) is 0.692. The molecule has 0 spiro atoms. The number of rotatable bonds is 7. The molecule has 1 aromatic rings. The van der Waals surface area contributed by atoms with E-state index >= 15 is 0 Å². The molecule has 0 atom stereocenters. The zero-order valence-electron chi connectivity index (χ0n) is 10.00. The van der Waals surface area contributed by atoms with E-state index in [1.54, 1.807) is 0 Å². The molecule has 1 saturated carbocycles. The van der Waals surface area contributed by atoms with Crippen LogP contribution in [0.1, 0.15) is 35.4 Å². The minimum atomic E-state index is 0.793. The van der Waals surface area contributed by atoms with Crippen LogP contribution in [-0.4, -0.2) is 13.7 Å². The normalized spacial score (nSPS) is 16.3. The third-order valence-electron chi connectivity index (χ3n) is 3.21. The van der Waals surface area contributed by atoms with Crippen molar-refractivity contribution in [2.45, 2.75) is 38.8 Å². The Bertz CT molecular complexity index is 307. The van der Waals surface area contributed by atoms with Crippen LogP contribution in [-0.2, 0) is 17.9 Å². The predicted molar refractivity (Wildman–Crippen MR) is 68.7 cm³/mol. The van der Waals surface area contributed by atoms with E-state index in [0.717, 1.165) is 25.7 Å². The van der Waals surface area contributed by atoms with Gasteiger partial charge in [0.25, 0.3) is 0 Å². The molecular formula is C13H21NOS. The first kappa shape index (κ1) is 12.1. The minimum absolute atomic E-state index is 0.793. The average Bonchev–Trinajstić information content (AvgIpc) is 2.63. The van der Waals surface area contributed by atoms with Gasteiger partial charge < -0.3 is 10.1 Å². The highest BCUT2D eigenvalue weighted by atomic mass is 32.1. The van der Waals surface area contributed by atoms with Gasteiger partial charge in [-0.15, -0.1) is 11.3 Å². The van der Waals surface area contributed by atoms with Crippen molar-refractivity contribution < 1.29 is 4.74 Å². The number of nitrogens with one attached hydrogen (secondary N) is 1. The Hall–Kier alpha value is -0.380. The second-order valence-corrected chi connectivity index (χ2v) is 5.79. The maximum absolute atomic E-state index is 5.71. The van der Waals surface area contributed by atoms with Gasteiger partial charge in [0.1, 0.15) is 0 Å². The maximum atomic E-state index is 5.71. The van der Waals surface area contributed by atoms with Gasteiger partial charge in [0.2, 0.25) is 0 Å². The Morgan fingerprint density at radius 3 is 2.88 bits per heavy atom. The molecule has 90 valence electrons. The second kappa shape index (κ2) is 6.38. The summed E-state index contributed by atoms with van der Waals surface area (Å²) in [5.41, 5.74) is 0. The average molecular weight is 239 g/mol. The van der Waals surface area contributed by atoms with Crippen molar-refractivity contribution in [1.82, 2.24) is 5.32 Å². The fourth-order valence-corrected chi connectivity index (χ4v) is 2.94. The molecule has 1 aliphatic rings. The fourth-order valence-electron chi connectivity index (χ4n) is 1.97. The first-order valence-electron chi connectivity index (χ1n) is 6.18. The maximum Gasteiger partial charge on any atom is 0.0809 e. The molecule has 1 fully saturated rings. The quantitative estimate of drug-likeness (QED) is 0.738. The number of hydrogen-bond acceptors (Lipinski definition) is 3. The summed E-state index contributed by atoms with van der Waals surface area (Å²) in [6.07, 6.45) is 5.54. The minimum Gasteiger partial charge on any atom is -0.376 e. The van der Waals surface area contributed by atoms with Crippen molar-refractivity contribution in [3.8, 4) is 0 Å². The van der Waals surface area contributed by atoms with Crippen molar-refractivity contribution in [1.29, 1.82) is 0 Å². The summed E-state index contributed by atoms with van der Waals surface area (Å²) >= 11 is 1.85. The molecule has 16 heavy (non-hydrogen) atoms. The lowest BCUT2D eigenvalue weighted by atomic mass is 9.83. The van der Waals surface area contributed by atoms with Gasteiger partial charge in [-0.3, -0.25) is 0 Å². The highest BCUT2D eigenvalue weighted by molar-refractivity contribution is 7.11. The number of thiophene rings is 1.